The van der Waals surface area contributed by atoms with Gasteiger partial charge in [-0.3, -0.25) is 15.1 Å². The number of aromatic nitrogens is 3. The SMILES string of the molecule is N#Cc1cc(-c2ccccn2)n(-c2ccccc2[N+](=O)[O-])n1. The van der Waals surface area contributed by atoms with Crippen LogP contribution in [0.3, 0.4) is 0 Å². The van der Waals surface area contributed by atoms with E-state index in [2.05, 4.69) is 10.1 Å². The number of hydrogen-bond donors (Lipinski definition) is 0. The number of benzene rings is 1. The molecular formula is C15H9N5O2. The number of nitro benzene ring substituents is 1. The average Bonchev–Trinajstić information content (AvgIpc) is 3.00. The van der Waals surface area contributed by atoms with E-state index in [0.717, 1.165) is 0 Å². The lowest BCUT2D eigenvalue weighted by Gasteiger charge is -2.07. The van der Waals surface area contributed by atoms with Gasteiger partial charge in [-0.15, -0.1) is 0 Å². The van der Waals surface area contributed by atoms with Crippen molar-refractivity contribution in [1.29, 1.82) is 5.26 Å². The Labute approximate surface area is 125 Å². The maximum Gasteiger partial charge on any atom is 0.294 e. The van der Waals surface area contributed by atoms with Gasteiger partial charge in [0.05, 0.1) is 16.3 Å². The normalized spacial score (nSPS) is 10.1. The van der Waals surface area contributed by atoms with Gasteiger partial charge in [0, 0.05) is 18.3 Å². The molecule has 0 N–H and O–H groups in total. The average molecular weight is 291 g/mol. The molecule has 0 aliphatic rings. The predicted molar refractivity (Wildman–Crippen MR) is 78.2 cm³/mol. The molecule has 0 atom stereocenters. The third-order valence-electron chi connectivity index (χ3n) is 3.06. The second-order valence-electron chi connectivity index (χ2n) is 4.40. The van der Waals surface area contributed by atoms with E-state index in [1.54, 1.807) is 48.7 Å². The smallest absolute Gasteiger partial charge is 0.258 e. The first-order valence-electron chi connectivity index (χ1n) is 6.36. The van der Waals surface area contributed by atoms with Gasteiger partial charge < -0.3 is 0 Å². The van der Waals surface area contributed by atoms with Crippen molar-refractivity contribution in [2.24, 2.45) is 0 Å². The quantitative estimate of drug-likeness (QED) is 0.546. The Hall–Kier alpha value is -3.53. The van der Waals surface area contributed by atoms with Crippen molar-refractivity contribution in [3.05, 3.63) is 70.5 Å². The standard InChI is InChI=1S/C15H9N5O2/c16-10-11-9-15(12-5-3-4-8-17-12)19(18-11)13-6-1-2-7-14(13)20(21)22/h1-9H. The summed E-state index contributed by atoms with van der Waals surface area (Å²) in [7, 11) is 0. The van der Waals surface area contributed by atoms with Gasteiger partial charge in [-0.25, -0.2) is 4.68 Å². The molecule has 0 aliphatic carbocycles. The molecule has 7 heteroatoms. The zero-order chi connectivity index (χ0) is 15.5. The second kappa shape index (κ2) is 5.46. The molecule has 22 heavy (non-hydrogen) atoms. The molecule has 0 saturated heterocycles. The van der Waals surface area contributed by atoms with Gasteiger partial charge in [-0.05, 0) is 18.2 Å². The monoisotopic (exact) mass is 291 g/mol. The summed E-state index contributed by atoms with van der Waals surface area (Å²) < 4.78 is 1.37. The van der Waals surface area contributed by atoms with Crippen LogP contribution in [0.5, 0.6) is 0 Å². The van der Waals surface area contributed by atoms with Crippen LogP contribution in [0.4, 0.5) is 5.69 Å². The van der Waals surface area contributed by atoms with Gasteiger partial charge in [0.2, 0.25) is 0 Å². The molecule has 1 aromatic carbocycles. The Bertz CT molecular complexity index is 880. The van der Waals surface area contributed by atoms with Gasteiger partial charge in [-0.2, -0.15) is 10.4 Å². The van der Waals surface area contributed by atoms with Crippen LogP contribution in [-0.4, -0.2) is 19.7 Å². The van der Waals surface area contributed by atoms with Crippen LogP contribution >= 0.6 is 0 Å². The van der Waals surface area contributed by atoms with E-state index in [0.29, 0.717) is 11.4 Å². The highest BCUT2D eigenvalue weighted by Crippen LogP contribution is 2.27. The van der Waals surface area contributed by atoms with Gasteiger partial charge in [0.1, 0.15) is 11.8 Å². The summed E-state index contributed by atoms with van der Waals surface area (Å²) in [5.41, 5.74) is 1.46. The zero-order valence-corrected chi connectivity index (χ0v) is 11.2. The number of pyridine rings is 1. The lowest BCUT2D eigenvalue weighted by molar-refractivity contribution is -0.384. The van der Waals surface area contributed by atoms with Gasteiger partial charge in [0.25, 0.3) is 5.69 Å². The fourth-order valence-electron chi connectivity index (χ4n) is 2.11. The molecule has 2 heterocycles. The maximum atomic E-state index is 11.2. The summed E-state index contributed by atoms with van der Waals surface area (Å²) in [5, 5.41) is 24.4. The molecule has 0 spiro atoms. The minimum absolute atomic E-state index is 0.0905. The highest BCUT2D eigenvalue weighted by molar-refractivity contribution is 5.63. The maximum absolute atomic E-state index is 11.2. The first-order chi connectivity index (χ1) is 10.7. The highest BCUT2D eigenvalue weighted by atomic mass is 16.6. The topological polar surface area (TPSA) is 97.6 Å². The Kier molecular flexibility index (Phi) is 3.34. The number of rotatable bonds is 3. The Morgan fingerprint density at radius 1 is 1.18 bits per heavy atom. The molecule has 0 fully saturated rings. The third kappa shape index (κ3) is 2.29. The molecule has 0 aliphatic heterocycles. The van der Waals surface area contributed by atoms with Gasteiger partial charge >= 0.3 is 0 Å². The Balaban J connectivity index is 2.27. The lowest BCUT2D eigenvalue weighted by Crippen LogP contribution is -2.04. The van der Waals surface area contributed by atoms with Crippen molar-refractivity contribution < 1.29 is 4.92 Å². The largest absolute Gasteiger partial charge is 0.294 e. The number of hydrogen-bond acceptors (Lipinski definition) is 5. The van der Waals surface area contributed by atoms with Gasteiger partial charge in [0.15, 0.2) is 5.69 Å². The van der Waals surface area contributed by atoms with Crippen molar-refractivity contribution in [1.82, 2.24) is 14.8 Å². The van der Waals surface area contributed by atoms with Crippen LogP contribution in [0.15, 0.2) is 54.7 Å². The molecule has 3 aromatic rings. The number of nitrogens with zero attached hydrogens (tertiary/aromatic N) is 5. The number of para-hydroxylation sites is 2. The number of nitro groups is 1. The van der Waals surface area contributed by atoms with E-state index in [-0.39, 0.29) is 17.1 Å². The predicted octanol–water partition coefficient (Wildman–Crippen LogP) is 2.71. The first kappa shape index (κ1) is 13.5. The van der Waals surface area contributed by atoms with E-state index < -0.39 is 4.92 Å². The molecule has 0 amide bonds. The Morgan fingerprint density at radius 2 is 1.95 bits per heavy atom. The molecule has 0 saturated carbocycles. The molecule has 7 nitrogen and oxygen atoms in total. The summed E-state index contributed by atoms with van der Waals surface area (Å²) in [6.07, 6.45) is 1.61. The highest BCUT2D eigenvalue weighted by Gasteiger charge is 2.20. The van der Waals surface area contributed by atoms with Crippen LogP contribution in [-0.2, 0) is 0 Å². The zero-order valence-electron chi connectivity index (χ0n) is 11.2. The van der Waals surface area contributed by atoms with Gasteiger partial charge in [-0.1, -0.05) is 18.2 Å². The van der Waals surface area contributed by atoms with E-state index in [9.17, 15) is 10.1 Å². The molecular weight excluding hydrogens is 282 g/mol. The third-order valence-corrected chi connectivity index (χ3v) is 3.06. The lowest BCUT2D eigenvalue weighted by atomic mass is 10.2. The van der Waals surface area contributed by atoms with Crippen molar-refractivity contribution in [3.8, 4) is 23.1 Å². The van der Waals surface area contributed by atoms with Crippen LogP contribution in [0.25, 0.3) is 17.1 Å². The molecule has 0 radical (unpaired) electrons. The summed E-state index contributed by atoms with van der Waals surface area (Å²) in [6.45, 7) is 0. The molecule has 0 unspecified atom stereocenters. The summed E-state index contributed by atoms with van der Waals surface area (Å²) in [5.74, 6) is 0. The van der Waals surface area contributed by atoms with E-state index >= 15 is 0 Å². The van der Waals surface area contributed by atoms with E-state index in [1.165, 1.54) is 10.7 Å². The van der Waals surface area contributed by atoms with E-state index in [1.807, 2.05) is 6.07 Å². The summed E-state index contributed by atoms with van der Waals surface area (Å²) in [4.78, 5) is 14.9. The van der Waals surface area contributed by atoms with Crippen molar-refractivity contribution in [2.75, 3.05) is 0 Å². The van der Waals surface area contributed by atoms with Crippen molar-refractivity contribution in [3.63, 3.8) is 0 Å². The minimum atomic E-state index is -0.481. The fraction of sp³-hybridized carbons (Fsp3) is 0. The van der Waals surface area contributed by atoms with Crippen LogP contribution in [0, 0.1) is 21.4 Å². The summed E-state index contributed by atoms with van der Waals surface area (Å²) >= 11 is 0. The van der Waals surface area contributed by atoms with Crippen molar-refractivity contribution in [2.45, 2.75) is 0 Å². The second-order valence-corrected chi connectivity index (χ2v) is 4.40. The molecule has 106 valence electrons. The van der Waals surface area contributed by atoms with Crippen molar-refractivity contribution >= 4 is 5.69 Å². The summed E-state index contributed by atoms with van der Waals surface area (Å²) in [6, 6.07) is 15.1. The fourth-order valence-corrected chi connectivity index (χ4v) is 2.11. The number of nitriles is 1. The van der Waals surface area contributed by atoms with Crippen LogP contribution < -0.4 is 0 Å². The van der Waals surface area contributed by atoms with Crippen LogP contribution in [0.1, 0.15) is 5.69 Å². The Morgan fingerprint density at radius 3 is 2.64 bits per heavy atom. The van der Waals surface area contributed by atoms with Crippen LogP contribution in [0.2, 0.25) is 0 Å². The first-order valence-corrected chi connectivity index (χ1v) is 6.36. The van der Waals surface area contributed by atoms with E-state index in [4.69, 9.17) is 5.26 Å². The molecule has 0 bridgehead atoms. The molecule has 3 rings (SSSR count). The minimum Gasteiger partial charge on any atom is -0.258 e. The molecule has 2 aromatic heterocycles.